The zero-order valence-electron chi connectivity index (χ0n) is 11.7. The van der Waals surface area contributed by atoms with Crippen molar-refractivity contribution in [3.05, 3.63) is 29.8 Å². The summed E-state index contributed by atoms with van der Waals surface area (Å²) in [5.41, 5.74) is 0.873. The minimum atomic E-state index is -3.66. The van der Waals surface area contributed by atoms with Crippen molar-refractivity contribution in [1.82, 2.24) is 4.31 Å². The molecule has 0 saturated carbocycles. The van der Waals surface area contributed by atoms with Gasteiger partial charge in [-0.05, 0) is 43.9 Å². The summed E-state index contributed by atoms with van der Waals surface area (Å²) in [6, 6.07) is 6.02. The van der Waals surface area contributed by atoms with E-state index in [2.05, 4.69) is 0 Å². The van der Waals surface area contributed by atoms with Crippen molar-refractivity contribution < 1.29 is 17.9 Å². The second kappa shape index (κ2) is 5.93. The third-order valence-electron chi connectivity index (χ3n) is 3.52. The lowest BCUT2D eigenvalue weighted by molar-refractivity contribution is -0.146. The van der Waals surface area contributed by atoms with Crippen LogP contribution in [0.4, 0.5) is 0 Å². The van der Waals surface area contributed by atoms with Crippen LogP contribution in [0.1, 0.15) is 24.8 Å². The lowest BCUT2D eigenvalue weighted by Crippen LogP contribution is -2.48. The molecule has 2 rings (SSSR count). The number of carbonyl (C=O) groups excluding carboxylic acids is 1. The Hall–Kier alpha value is -1.40. The van der Waals surface area contributed by atoms with Crippen LogP contribution in [-0.2, 0) is 19.6 Å². The van der Waals surface area contributed by atoms with E-state index < -0.39 is 22.0 Å². The van der Waals surface area contributed by atoms with Crippen LogP contribution in [0.15, 0.2) is 29.2 Å². The fourth-order valence-corrected chi connectivity index (χ4v) is 4.23. The molecule has 0 amide bonds. The smallest absolute Gasteiger partial charge is 0.324 e. The van der Waals surface area contributed by atoms with Gasteiger partial charge in [-0.1, -0.05) is 12.1 Å². The molecule has 1 saturated heterocycles. The monoisotopic (exact) mass is 297 g/mol. The summed E-state index contributed by atoms with van der Waals surface area (Å²) in [4.78, 5) is 12.0. The summed E-state index contributed by atoms with van der Waals surface area (Å²) < 4.78 is 31.4. The van der Waals surface area contributed by atoms with Gasteiger partial charge in [0, 0.05) is 6.54 Å². The number of rotatable bonds is 3. The molecule has 1 fully saturated rings. The number of hydrogen-bond acceptors (Lipinski definition) is 4. The fourth-order valence-electron chi connectivity index (χ4n) is 2.48. The number of esters is 1. The lowest BCUT2D eigenvalue weighted by Gasteiger charge is -2.32. The zero-order valence-corrected chi connectivity index (χ0v) is 12.5. The van der Waals surface area contributed by atoms with Gasteiger partial charge in [-0.15, -0.1) is 0 Å². The Morgan fingerprint density at radius 1 is 1.35 bits per heavy atom. The summed E-state index contributed by atoms with van der Waals surface area (Å²) in [6.07, 6.45) is 2.11. The molecular formula is C14H19NO4S. The summed E-state index contributed by atoms with van der Waals surface area (Å²) in [5, 5.41) is 0. The van der Waals surface area contributed by atoms with E-state index in [4.69, 9.17) is 4.74 Å². The van der Waals surface area contributed by atoms with Gasteiger partial charge in [0.2, 0.25) is 10.0 Å². The molecule has 20 heavy (non-hydrogen) atoms. The number of piperidine rings is 1. The predicted octanol–water partition coefficient (Wildman–Crippen LogP) is 1.71. The average Bonchev–Trinajstić information content (AvgIpc) is 2.46. The Morgan fingerprint density at radius 3 is 2.75 bits per heavy atom. The molecule has 0 aromatic heterocycles. The maximum absolute atomic E-state index is 12.7. The van der Waals surface area contributed by atoms with E-state index in [9.17, 15) is 13.2 Å². The standard InChI is InChI=1S/C14H19NO4S/c1-11-6-5-7-12(10-11)20(17,18)15-9-4-3-8-13(15)14(16)19-2/h5-7,10,13H,3-4,8-9H2,1-2H3. The van der Waals surface area contributed by atoms with Gasteiger partial charge in [0.05, 0.1) is 12.0 Å². The van der Waals surface area contributed by atoms with E-state index in [0.29, 0.717) is 13.0 Å². The highest BCUT2D eigenvalue weighted by molar-refractivity contribution is 7.89. The van der Waals surface area contributed by atoms with Crippen molar-refractivity contribution in [3.8, 4) is 0 Å². The maximum atomic E-state index is 12.7. The van der Waals surface area contributed by atoms with Crippen LogP contribution in [0.25, 0.3) is 0 Å². The second-order valence-electron chi connectivity index (χ2n) is 4.97. The molecule has 0 bridgehead atoms. The fraction of sp³-hybridized carbons (Fsp3) is 0.500. The molecule has 1 aromatic rings. The molecule has 110 valence electrons. The lowest BCUT2D eigenvalue weighted by atomic mass is 10.1. The minimum Gasteiger partial charge on any atom is -0.468 e. The molecule has 0 spiro atoms. The molecular weight excluding hydrogens is 278 g/mol. The van der Waals surface area contributed by atoms with Crippen LogP contribution in [0.3, 0.4) is 0 Å². The number of nitrogens with zero attached hydrogens (tertiary/aromatic N) is 1. The van der Waals surface area contributed by atoms with Gasteiger partial charge in [-0.3, -0.25) is 4.79 Å². The van der Waals surface area contributed by atoms with Crippen LogP contribution in [0.5, 0.6) is 0 Å². The highest BCUT2D eigenvalue weighted by atomic mass is 32.2. The molecule has 1 unspecified atom stereocenters. The third kappa shape index (κ3) is 2.86. The van der Waals surface area contributed by atoms with E-state index in [0.717, 1.165) is 18.4 Å². The number of ether oxygens (including phenoxy) is 1. The Balaban J connectivity index is 2.38. The number of carbonyl (C=O) groups is 1. The van der Waals surface area contributed by atoms with Gasteiger partial charge in [0.25, 0.3) is 0 Å². The SMILES string of the molecule is COC(=O)C1CCCCN1S(=O)(=O)c1cccc(C)c1. The first-order chi connectivity index (χ1) is 9.46. The molecule has 0 radical (unpaired) electrons. The molecule has 1 aromatic carbocycles. The molecule has 0 aliphatic carbocycles. The van der Waals surface area contributed by atoms with Crippen LogP contribution in [-0.4, -0.2) is 38.4 Å². The molecule has 1 aliphatic rings. The van der Waals surface area contributed by atoms with E-state index in [1.165, 1.54) is 11.4 Å². The normalized spacial score (nSPS) is 20.6. The summed E-state index contributed by atoms with van der Waals surface area (Å²) >= 11 is 0. The Bertz CT molecular complexity index is 597. The van der Waals surface area contributed by atoms with Crippen LogP contribution < -0.4 is 0 Å². The van der Waals surface area contributed by atoms with E-state index in [-0.39, 0.29) is 4.90 Å². The second-order valence-corrected chi connectivity index (χ2v) is 6.86. The quantitative estimate of drug-likeness (QED) is 0.797. The van der Waals surface area contributed by atoms with Crippen molar-refractivity contribution in [2.75, 3.05) is 13.7 Å². The van der Waals surface area contributed by atoms with E-state index in [1.54, 1.807) is 18.2 Å². The van der Waals surface area contributed by atoms with Gasteiger partial charge in [0.15, 0.2) is 0 Å². The highest BCUT2D eigenvalue weighted by Gasteiger charge is 2.38. The first-order valence-electron chi connectivity index (χ1n) is 6.63. The number of aryl methyl sites for hydroxylation is 1. The van der Waals surface area contributed by atoms with Gasteiger partial charge in [0.1, 0.15) is 6.04 Å². The zero-order chi connectivity index (χ0) is 14.8. The van der Waals surface area contributed by atoms with E-state index >= 15 is 0 Å². The summed E-state index contributed by atoms with van der Waals surface area (Å²) in [6.45, 7) is 2.20. The molecule has 1 heterocycles. The van der Waals surface area contributed by atoms with Crippen LogP contribution in [0.2, 0.25) is 0 Å². The molecule has 6 heteroatoms. The average molecular weight is 297 g/mol. The largest absolute Gasteiger partial charge is 0.468 e. The molecule has 1 aliphatic heterocycles. The third-order valence-corrected chi connectivity index (χ3v) is 5.43. The van der Waals surface area contributed by atoms with Crippen LogP contribution in [0, 0.1) is 6.92 Å². The number of methoxy groups -OCH3 is 1. The number of hydrogen-bond donors (Lipinski definition) is 0. The highest BCUT2D eigenvalue weighted by Crippen LogP contribution is 2.26. The molecule has 1 atom stereocenters. The van der Waals surface area contributed by atoms with Gasteiger partial charge >= 0.3 is 5.97 Å². The minimum absolute atomic E-state index is 0.230. The molecule has 5 nitrogen and oxygen atoms in total. The Morgan fingerprint density at radius 2 is 2.10 bits per heavy atom. The van der Waals surface area contributed by atoms with Gasteiger partial charge in [-0.2, -0.15) is 4.31 Å². The van der Waals surface area contributed by atoms with Crippen molar-refractivity contribution in [2.24, 2.45) is 0 Å². The Kier molecular flexibility index (Phi) is 4.45. The van der Waals surface area contributed by atoms with Crippen molar-refractivity contribution in [2.45, 2.75) is 37.1 Å². The van der Waals surface area contributed by atoms with Crippen molar-refractivity contribution >= 4 is 16.0 Å². The topological polar surface area (TPSA) is 63.7 Å². The molecule has 0 N–H and O–H groups in total. The van der Waals surface area contributed by atoms with Crippen molar-refractivity contribution in [3.63, 3.8) is 0 Å². The van der Waals surface area contributed by atoms with Crippen molar-refractivity contribution in [1.29, 1.82) is 0 Å². The summed E-state index contributed by atoms with van der Waals surface area (Å²) in [7, 11) is -2.37. The summed E-state index contributed by atoms with van der Waals surface area (Å²) in [5.74, 6) is -0.485. The number of benzene rings is 1. The first-order valence-corrected chi connectivity index (χ1v) is 8.07. The van der Waals surface area contributed by atoms with Crippen LogP contribution >= 0.6 is 0 Å². The predicted molar refractivity (Wildman–Crippen MR) is 74.7 cm³/mol. The van der Waals surface area contributed by atoms with E-state index in [1.807, 2.05) is 13.0 Å². The Labute approximate surface area is 119 Å². The maximum Gasteiger partial charge on any atom is 0.324 e. The van der Waals surface area contributed by atoms with Gasteiger partial charge in [-0.25, -0.2) is 8.42 Å². The number of sulfonamides is 1. The van der Waals surface area contributed by atoms with Gasteiger partial charge < -0.3 is 4.74 Å². The first kappa shape index (κ1) is 15.0.